The standard InChI is InChI=1S/C20H23N3O4/c1-26-18-8-6-17(7-9-18)22-20(25)21-16-4-2-15(3-5-16)14-19(24)23-10-12-27-13-11-23/h2-9H,10-14H2,1H3,(H2,21,22,25). The number of ether oxygens (including phenoxy) is 2. The minimum Gasteiger partial charge on any atom is -0.497 e. The van der Waals surface area contributed by atoms with Crippen molar-refractivity contribution in [2.24, 2.45) is 0 Å². The summed E-state index contributed by atoms with van der Waals surface area (Å²) < 4.78 is 10.3. The number of carbonyl (C=O) groups excluding carboxylic acids is 2. The third-order valence-corrected chi connectivity index (χ3v) is 4.28. The Hall–Kier alpha value is -3.06. The fourth-order valence-corrected chi connectivity index (χ4v) is 2.77. The summed E-state index contributed by atoms with van der Waals surface area (Å²) in [7, 11) is 1.59. The molecule has 142 valence electrons. The molecule has 0 atom stereocenters. The van der Waals surface area contributed by atoms with E-state index in [9.17, 15) is 9.59 Å². The number of morpholine rings is 1. The number of urea groups is 1. The number of benzene rings is 2. The molecule has 27 heavy (non-hydrogen) atoms. The molecule has 1 heterocycles. The highest BCUT2D eigenvalue weighted by Crippen LogP contribution is 2.16. The van der Waals surface area contributed by atoms with Gasteiger partial charge in [0.1, 0.15) is 5.75 Å². The van der Waals surface area contributed by atoms with Crippen LogP contribution in [0, 0.1) is 0 Å². The molecular weight excluding hydrogens is 346 g/mol. The minimum absolute atomic E-state index is 0.0938. The lowest BCUT2D eigenvalue weighted by atomic mass is 10.1. The van der Waals surface area contributed by atoms with Gasteiger partial charge >= 0.3 is 6.03 Å². The van der Waals surface area contributed by atoms with Crippen molar-refractivity contribution in [3.05, 3.63) is 54.1 Å². The second-order valence-corrected chi connectivity index (χ2v) is 6.17. The molecule has 2 N–H and O–H groups in total. The normalized spacial score (nSPS) is 13.7. The lowest BCUT2D eigenvalue weighted by molar-refractivity contribution is -0.134. The molecule has 1 aliphatic heterocycles. The molecule has 7 heteroatoms. The van der Waals surface area contributed by atoms with E-state index in [2.05, 4.69) is 10.6 Å². The summed E-state index contributed by atoms with van der Waals surface area (Å²) in [6.07, 6.45) is 0.346. The first-order valence-corrected chi connectivity index (χ1v) is 8.80. The Morgan fingerprint density at radius 1 is 0.963 bits per heavy atom. The van der Waals surface area contributed by atoms with Crippen molar-refractivity contribution in [3.63, 3.8) is 0 Å². The van der Waals surface area contributed by atoms with E-state index in [4.69, 9.17) is 9.47 Å². The Morgan fingerprint density at radius 3 is 2.07 bits per heavy atom. The SMILES string of the molecule is COc1ccc(NC(=O)Nc2ccc(CC(=O)N3CCOCC3)cc2)cc1. The van der Waals surface area contributed by atoms with Crippen LogP contribution in [0.25, 0.3) is 0 Å². The molecule has 0 bridgehead atoms. The molecule has 0 aliphatic carbocycles. The zero-order chi connectivity index (χ0) is 19.1. The van der Waals surface area contributed by atoms with Gasteiger partial charge in [-0.15, -0.1) is 0 Å². The Labute approximate surface area is 158 Å². The van der Waals surface area contributed by atoms with Crippen LogP contribution < -0.4 is 15.4 Å². The van der Waals surface area contributed by atoms with Gasteiger partial charge in [-0.3, -0.25) is 4.79 Å². The number of nitrogens with zero attached hydrogens (tertiary/aromatic N) is 1. The second-order valence-electron chi connectivity index (χ2n) is 6.17. The van der Waals surface area contributed by atoms with Gasteiger partial charge < -0.3 is 25.0 Å². The smallest absolute Gasteiger partial charge is 0.323 e. The summed E-state index contributed by atoms with van der Waals surface area (Å²) in [5, 5.41) is 5.52. The average Bonchev–Trinajstić information content (AvgIpc) is 2.70. The molecule has 2 aromatic carbocycles. The molecule has 0 saturated carbocycles. The molecule has 1 aliphatic rings. The van der Waals surface area contributed by atoms with Crippen LogP contribution in [0.4, 0.5) is 16.2 Å². The van der Waals surface area contributed by atoms with E-state index < -0.39 is 0 Å². The lowest BCUT2D eigenvalue weighted by Gasteiger charge is -2.26. The van der Waals surface area contributed by atoms with Crippen molar-refractivity contribution in [2.75, 3.05) is 44.0 Å². The van der Waals surface area contributed by atoms with Crippen LogP contribution >= 0.6 is 0 Å². The molecular formula is C20H23N3O4. The van der Waals surface area contributed by atoms with Crippen LogP contribution in [0.5, 0.6) is 5.75 Å². The van der Waals surface area contributed by atoms with Crippen molar-refractivity contribution >= 4 is 23.3 Å². The van der Waals surface area contributed by atoms with Crippen molar-refractivity contribution in [3.8, 4) is 5.75 Å². The lowest BCUT2D eigenvalue weighted by Crippen LogP contribution is -2.41. The maximum Gasteiger partial charge on any atom is 0.323 e. The number of nitrogens with one attached hydrogen (secondary N) is 2. The highest BCUT2D eigenvalue weighted by atomic mass is 16.5. The predicted octanol–water partition coefficient (Wildman–Crippen LogP) is 2.74. The van der Waals surface area contributed by atoms with E-state index in [-0.39, 0.29) is 11.9 Å². The highest BCUT2D eigenvalue weighted by Gasteiger charge is 2.16. The van der Waals surface area contributed by atoms with E-state index >= 15 is 0 Å². The number of hydrogen-bond acceptors (Lipinski definition) is 4. The summed E-state index contributed by atoms with van der Waals surface area (Å²) in [5.74, 6) is 0.819. The number of hydrogen-bond donors (Lipinski definition) is 2. The predicted molar refractivity (Wildman–Crippen MR) is 103 cm³/mol. The van der Waals surface area contributed by atoms with Crippen LogP contribution in [0.3, 0.4) is 0 Å². The van der Waals surface area contributed by atoms with Crippen molar-refractivity contribution in [1.29, 1.82) is 0 Å². The minimum atomic E-state index is -0.336. The van der Waals surface area contributed by atoms with Crippen LogP contribution in [-0.4, -0.2) is 50.3 Å². The topological polar surface area (TPSA) is 79.9 Å². The molecule has 3 rings (SSSR count). The number of carbonyl (C=O) groups is 2. The van der Waals surface area contributed by atoms with Gasteiger partial charge in [0.25, 0.3) is 0 Å². The maximum absolute atomic E-state index is 12.3. The molecule has 2 aromatic rings. The quantitative estimate of drug-likeness (QED) is 0.849. The molecule has 1 saturated heterocycles. The first-order valence-electron chi connectivity index (χ1n) is 8.80. The molecule has 0 spiro atoms. The monoisotopic (exact) mass is 369 g/mol. The van der Waals surface area contributed by atoms with E-state index in [0.29, 0.717) is 44.1 Å². The molecule has 0 aromatic heterocycles. The van der Waals surface area contributed by atoms with Crippen molar-refractivity contribution < 1.29 is 19.1 Å². The molecule has 3 amide bonds. The van der Waals surface area contributed by atoms with Crippen LogP contribution in [0.2, 0.25) is 0 Å². The number of rotatable bonds is 5. The Kier molecular flexibility index (Phi) is 6.27. The molecule has 1 fully saturated rings. The summed E-state index contributed by atoms with van der Waals surface area (Å²) in [6, 6.07) is 14.0. The number of anilines is 2. The third-order valence-electron chi connectivity index (χ3n) is 4.28. The van der Waals surface area contributed by atoms with E-state index in [1.54, 1.807) is 43.5 Å². The average molecular weight is 369 g/mol. The number of amides is 3. The zero-order valence-corrected chi connectivity index (χ0v) is 15.2. The summed E-state index contributed by atoms with van der Waals surface area (Å²) >= 11 is 0. The van der Waals surface area contributed by atoms with Gasteiger partial charge in [0.2, 0.25) is 5.91 Å². The number of methoxy groups -OCH3 is 1. The second kappa shape index (κ2) is 9.05. The fraction of sp³-hybridized carbons (Fsp3) is 0.300. The van der Waals surface area contributed by atoms with Gasteiger partial charge in [-0.05, 0) is 42.0 Å². The Bertz CT molecular complexity index is 769. The first kappa shape index (κ1) is 18.7. The van der Waals surface area contributed by atoms with Gasteiger partial charge in [-0.25, -0.2) is 4.79 Å². The van der Waals surface area contributed by atoms with Crippen LogP contribution in [0.1, 0.15) is 5.56 Å². The molecule has 0 radical (unpaired) electrons. The first-order chi connectivity index (χ1) is 13.1. The van der Waals surface area contributed by atoms with Gasteiger partial charge in [-0.1, -0.05) is 12.1 Å². The zero-order valence-electron chi connectivity index (χ0n) is 15.2. The Morgan fingerprint density at radius 2 is 1.52 bits per heavy atom. The fourth-order valence-electron chi connectivity index (χ4n) is 2.77. The maximum atomic E-state index is 12.3. The van der Waals surface area contributed by atoms with Crippen LogP contribution in [-0.2, 0) is 16.0 Å². The summed E-state index contributed by atoms with van der Waals surface area (Å²) in [5.41, 5.74) is 2.23. The largest absolute Gasteiger partial charge is 0.497 e. The summed E-state index contributed by atoms with van der Waals surface area (Å²) in [4.78, 5) is 26.2. The Balaban J connectivity index is 1.50. The van der Waals surface area contributed by atoms with Gasteiger partial charge in [-0.2, -0.15) is 0 Å². The third kappa shape index (κ3) is 5.46. The van der Waals surface area contributed by atoms with E-state index in [0.717, 1.165) is 11.3 Å². The highest BCUT2D eigenvalue weighted by molar-refractivity contribution is 5.99. The summed E-state index contributed by atoms with van der Waals surface area (Å²) in [6.45, 7) is 2.48. The van der Waals surface area contributed by atoms with E-state index in [1.807, 2.05) is 17.0 Å². The van der Waals surface area contributed by atoms with Crippen molar-refractivity contribution in [2.45, 2.75) is 6.42 Å². The van der Waals surface area contributed by atoms with Crippen LogP contribution in [0.15, 0.2) is 48.5 Å². The van der Waals surface area contributed by atoms with Gasteiger partial charge in [0.05, 0.1) is 26.7 Å². The van der Waals surface area contributed by atoms with E-state index in [1.165, 1.54) is 0 Å². The molecule has 0 unspecified atom stereocenters. The van der Waals surface area contributed by atoms with Gasteiger partial charge in [0, 0.05) is 24.5 Å². The molecule has 7 nitrogen and oxygen atoms in total. The van der Waals surface area contributed by atoms with Gasteiger partial charge in [0.15, 0.2) is 0 Å². The van der Waals surface area contributed by atoms with Crippen molar-refractivity contribution in [1.82, 2.24) is 4.90 Å².